The molecule has 0 radical (unpaired) electrons. The SMILES string of the molecule is CN(C)CC(=O)OC(C(=O)Nc1nnc(CCCCc2ccc(NC(=O)Cc3cccc(OC(F)(F)F)c3)nn2)s1)c1cccc(Cl)c1. The molecule has 12 nitrogen and oxygen atoms in total. The number of benzene rings is 2. The number of alkyl halides is 3. The Balaban J connectivity index is 1.22. The molecule has 2 aromatic carbocycles. The second kappa shape index (κ2) is 16.9. The fraction of sp³-hybridized carbons (Fsp3) is 0.323. The van der Waals surface area contributed by atoms with Gasteiger partial charge in [-0.15, -0.1) is 28.5 Å². The molecule has 0 bridgehead atoms. The number of nitrogens with zero attached hydrogens (tertiary/aromatic N) is 5. The third-order valence-electron chi connectivity index (χ3n) is 6.34. The zero-order valence-corrected chi connectivity index (χ0v) is 27.4. The molecule has 1 unspecified atom stereocenters. The van der Waals surface area contributed by atoms with E-state index in [9.17, 15) is 27.6 Å². The lowest BCUT2D eigenvalue weighted by Gasteiger charge is -2.18. The molecule has 0 saturated heterocycles. The number of unbranched alkanes of at least 4 members (excludes halogenated alkanes) is 1. The van der Waals surface area contributed by atoms with Gasteiger partial charge in [-0.1, -0.05) is 47.2 Å². The standard InChI is InChI=1S/C31H31ClF3N7O5S/c1-42(2)18-27(44)46-28(20-8-6-9-21(32)17-20)29(45)37-30-41-40-26(48-30)12-4-3-10-22-13-14-24(39-38-22)36-25(43)16-19-7-5-11-23(15-19)47-31(33,34)35/h5-9,11,13-15,17,28H,3-4,10,12,16,18H2,1-2H3,(H,36,39,43)(H,37,41,45). The molecule has 0 saturated carbocycles. The van der Waals surface area contributed by atoms with Crippen LogP contribution in [0.2, 0.25) is 5.02 Å². The lowest BCUT2D eigenvalue weighted by atomic mass is 10.1. The van der Waals surface area contributed by atoms with Crippen LogP contribution in [0, 0.1) is 0 Å². The monoisotopic (exact) mass is 705 g/mol. The molecule has 17 heteroatoms. The zero-order valence-electron chi connectivity index (χ0n) is 25.8. The van der Waals surface area contributed by atoms with Gasteiger partial charge in [-0.25, -0.2) is 0 Å². The molecule has 1 atom stereocenters. The second-order valence-corrected chi connectivity index (χ2v) is 12.2. The van der Waals surface area contributed by atoms with Gasteiger partial charge in [0.15, 0.2) is 5.82 Å². The number of rotatable bonds is 15. The number of carbonyl (C=O) groups is 3. The molecule has 2 heterocycles. The summed E-state index contributed by atoms with van der Waals surface area (Å²) in [7, 11) is 3.42. The van der Waals surface area contributed by atoms with Crippen LogP contribution in [0.3, 0.4) is 0 Å². The minimum atomic E-state index is -4.83. The van der Waals surface area contributed by atoms with Crippen molar-refractivity contribution in [3.8, 4) is 5.75 Å². The van der Waals surface area contributed by atoms with E-state index < -0.39 is 36.0 Å². The van der Waals surface area contributed by atoms with Gasteiger partial charge in [0, 0.05) is 17.0 Å². The van der Waals surface area contributed by atoms with Crippen molar-refractivity contribution in [2.75, 3.05) is 31.3 Å². The molecule has 0 aliphatic rings. The van der Waals surface area contributed by atoms with Crippen LogP contribution in [0.25, 0.3) is 0 Å². The molecule has 48 heavy (non-hydrogen) atoms. The van der Waals surface area contributed by atoms with E-state index in [2.05, 4.69) is 35.8 Å². The molecular formula is C31H31ClF3N7O5S. The lowest BCUT2D eigenvalue weighted by Crippen LogP contribution is -2.30. The largest absolute Gasteiger partial charge is 0.573 e. The molecule has 254 valence electrons. The van der Waals surface area contributed by atoms with E-state index in [0.29, 0.717) is 39.7 Å². The van der Waals surface area contributed by atoms with Gasteiger partial charge < -0.3 is 14.8 Å². The average molecular weight is 706 g/mol. The molecule has 2 aromatic heterocycles. The van der Waals surface area contributed by atoms with Crippen molar-refractivity contribution in [1.29, 1.82) is 0 Å². The molecular weight excluding hydrogens is 675 g/mol. The summed E-state index contributed by atoms with van der Waals surface area (Å²) in [6, 6.07) is 15.0. The predicted octanol–water partition coefficient (Wildman–Crippen LogP) is 5.41. The number of ether oxygens (including phenoxy) is 2. The Morgan fingerprint density at radius 3 is 2.42 bits per heavy atom. The van der Waals surface area contributed by atoms with Crippen molar-refractivity contribution in [1.82, 2.24) is 25.3 Å². The predicted molar refractivity (Wildman–Crippen MR) is 172 cm³/mol. The third kappa shape index (κ3) is 12.2. The van der Waals surface area contributed by atoms with Gasteiger partial charge in [0.2, 0.25) is 17.1 Å². The van der Waals surface area contributed by atoms with Gasteiger partial charge in [-0.3, -0.25) is 24.6 Å². The number of halogens is 4. The Hall–Kier alpha value is -4.67. The van der Waals surface area contributed by atoms with E-state index >= 15 is 0 Å². The van der Waals surface area contributed by atoms with Crippen molar-refractivity contribution >= 4 is 51.7 Å². The summed E-state index contributed by atoms with van der Waals surface area (Å²) in [6.45, 7) is -0.00912. The highest BCUT2D eigenvalue weighted by Gasteiger charge is 2.31. The molecule has 0 fully saturated rings. The fourth-order valence-electron chi connectivity index (χ4n) is 4.31. The summed E-state index contributed by atoms with van der Waals surface area (Å²) >= 11 is 7.30. The van der Waals surface area contributed by atoms with Crippen molar-refractivity contribution in [2.45, 2.75) is 44.6 Å². The van der Waals surface area contributed by atoms with Crippen LogP contribution in [0.15, 0.2) is 60.7 Å². The molecule has 2 N–H and O–H groups in total. The van der Waals surface area contributed by atoms with E-state index in [1.54, 1.807) is 55.4 Å². The van der Waals surface area contributed by atoms with Gasteiger partial charge in [-0.05, 0) is 75.3 Å². The number of nitrogens with one attached hydrogen (secondary N) is 2. The Morgan fingerprint density at radius 2 is 1.71 bits per heavy atom. The first kappa shape index (κ1) is 36.2. The van der Waals surface area contributed by atoms with E-state index in [0.717, 1.165) is 25.0 Å². The van der Waals surface area contributed by atoms with Crippen LogP contribution in [0.1, 0.15) is 40.8 Å². The summed E-state index contributed by atoms with van der Waals surface area (Å²) in [5.41, 5.74) is 1.46. The Morgan fingerprint density at radius 1 is 0.938 bits per heavy atom. The summed E-state index contributed by atoms with van der Waals surface area (Å²) < 4.78 is 46.7. The highest BCUT2D eigenvalue weighted by molar-refractivity contribution is 7.15. The summed E-state index contributed by atoms with van der Waals surface area (Å²) in [5, 5.41) is 22.9. The Bertz CT molecular complexity index is 1710. The normalized spacial score (nSPS) is 12.0. The number of anilines is 2. The maximum Gasteiger partial charge on any atom is 0.573 e. The maximum absolute atomic E-state index is 13.1. The summed E-state index contributed by atoms with van der Waals surface area (Å²) in [4.78, 5) is 39.4. The number of hydrogen-bond acceptors (Lipinski definition) is 11. The fourth-order valence-corrected chi connectivity index (χ4v) is 5.30. The quantitative estimate of drug-likeness (QED) is 0.121. The van der Waals surface area contributed by atoms with E-state index in [1.165, 1.54) is 23.5 Å². The molecule has 0 aliphatic heterocycles. The van der Waals surface area contributed by atoms with Crippen molar-refractivity contribution in [2.24, 2.45) is 0 Å². The zero-order chi connectivity index (χ0) is 34.7. The first-order chi connectivity index (χ1) is 22.8. The Kier molecular flexibility index (Phi) is 12.8. The van der Waals surface area contributed by atoms with Gasteiger partial charge in [0.1, 0.15) is 10.8 Å². The molecule has 4 aromatic rings. The van der Waals surface area contributed by atoms with Crippen LogP contribution in [0.4, 0.5) is 24.1 Å². The van der Waals surface area contributed by atoms with Crippen LogP contribution in [0.5, 0.6) is 5.75 Å². The number of likely N-dealkylation sites (N-methyl/N-ethyl adjacent to an activating group) is 1. The van der Waals surface area contributed by atoms with Crippen LogP contribution >= 0.6 is 22.9 Å². The van der Waals surface area contributed by atoms with Crippen LogP contribution in [-0.4, -0.2) is 70.1 Å². The minimum Gasteiger partial charge on any atom is -0.446 e. The topological polar surface area (TPSA) is 149 Å². The molecule has 0 aliphatic carbocycles. The van der Waals surface area contributed by atoms with Crippen molar-refractivity contribution in [3.63, 3.8) is 0 Å². The van der Waals surface area contributed by atoms with Gasteiger partial charge in [-0.2, -0.15) is 5.10 Å². The van der Waals surface area contributed by atoms with Crippen LogP contribution in [-0.2, 0) is 38.4 Å². The van der Waals surface area contributed by atoms with Crippen molar-refractivity contribution < 1.29 is 37.0 Å². The molecule has 0 spiro atoms. The van der Waals surface area contributed by atoms with Gasteiger partial charge in [0.05, 0.1) is 18.7 Å². The number of aromatic nitrogens is 4. The number of carbonyl (C=O) groups excluding carboxylic acids is 3. The lowest BCUT2D eigenvalue weighted by molar-refractivity contribution is -0.274. The highest BCUT2D eigenvalue weighted by atomic mass is 35.5. The van der Waals surface area contributed by atoms with E-state index in [4.69, 9.17) is 16.3 Å². The number of amides is 2. The Labute approximate surface area is 282 Å². The van der Waals surface area contributed by atoms with E-state index in [1.807, 2.05) is 0 Å². The molecule has 4 rings (SSSR count). The van der Waals surface area contributed by atoms with Gasteiger partial charge >= 0.3 is 12.3 Å². The van der Waals surface area contributed by atoms with Crippen molar-refractivity contribution in [3.05, 3.63) is 87.5 Å². The first-order valence-corrected chi connectivity index (χ1v) is 15.7. The maximum atomic E-state index is 13.1. The van der Waals surface area contributed by atoms with E-state index in [-0.39, 0.29) is 23.9 Å². The minimum absolute atomic E-state index is 0.00912. The second-order valence-electron chi connectivity index (χ2n) is 10.7. The number of hydrogen-bond donors (Lipinski definition) is 2. The smallest absolute Gasteiger partial charge is 0.446 e. The third-order valence-corrected chi connectivity index (χ3v) is 7.47. The summed E-state index contributed by atoms with van der Waals surface area (Å²) in [5.74, 6) is -1.84. The number of aryl methyl sites for hydroxylation is 2. The first-order valence-electron chi connectivity index (χ1n) is 14.5. The van der Waals surface area contributed by atoms with Gasteiger partial charge in [0.25, 0.3) is 5.91 Å². The molecule has 2 amide bonds. The summed E-state index contributed by atoms with van der Waals surface area (Å²) in [6.07, 6.45) is -3.54. The number of esters is 1. The van der Waals surface area contributed by atoms with Crippen LogP contribution < -0.4 is 15.4 Å². The average Bonchev–Trinajstić information content (AvgIpc) is 3.44. The highest BCUT2D eigenvalue weighted by Crippen LogP contribution is 2.26.